The molecule has 1 aliphatic rings. The van der Waals surface area contributed by atoms with Crippen molar-refractivity contribution in [3.05, 3.63) is 11.9 Å². The summed E-state index contributed by atoms with van der Waals surface area (Å²) in [6.45, 7) is 0.729. The van der Waals surface area contributed by atoms with Gasteiger partial charge < -0.3 is 5.11 Å². The lowest BCUT2D eigenvalue weighted by molar-refractivity contribution is 0.0690. The number of carbonyl (C=O) groups is 1. The van der Waals surface area contributed by atoms with Crippen LogP contribution in [0.15, 0.2) is 6.20 Å². The molecular formula is C8H12N4O4S. The summed E-state index contributed by atoms with van der Waals surface area (Å²) < 4.78 is 25.4. The van der Waals surface area contributed by atoms with Gasteiger partial charge in [-0.2, -0.15) is 4.31 Å². The Labute approximate surface area is 97.9 Å². The zero-order valence-electron chi connectivity index (χ0n) is 9.15. The molecule has 0 aliphatic carbocycles. The van der Waals surface area contributed by atoms with Gasteiger partial charge in [0.1, 0.15) is 0 Å². The average molecular weight is 260 g/mol. The maximum Gasteiger partial charge on any atom is 0.358 e. The van der Waals surface area contributed by atoms with Gasteiger partial charge in [-0.25, -0.2) is 17.9 Å². The summed E-state index contributed by atoms with van der Waals surface area (Å²) in [7, 11) is -3.20. The normalized spacial score (nSPS) is 21.8. The summed E-state index contributed by atoms with van der Waals surface area (Å²) in [6, 6.07) is -0.148. The van der Waals surface area contributed by atoms with E-state index >= 15 is 0 Å². The highest BCUT2D eigenvalue weighted by Gasteiger charge is 2.30. The first kappa shape index (κ1) is 12.0. The van der Waals surface area contributed by atoms with Crippen molar-refractivity contribution in [2.45, 2.75) is 12.5 Å². The fourth-order valence-corrected chi connectivity index (χ4v) is 2.66. The number of hydrogen-bond donors (Lipinski definition) is 1. The predicted octanol–water partition coefficient (Wildman–Crippen LogP) is -0.817. The van der Waals surface area contributed by atoms with Gasteiger partial charge in [-0.15, -0.1) is 5.10 Å². The Morgan fingerprint density at radius 3 is 2.76 bits per heavy atom. The van der Waals surface area contributed by atoms with Gasteiger partial charge in [0, 0.05) is 13.1 Å². The van der Waals surface area contributed by atoms with Crippen molar-refractivity contribution < 1.29 is 18.3 Å². The van der Waals surface area contributed by atoms with E-state index in [-0.39, 0.29) is 11.7 Å². The molecule has 1 saturated heterocycles. The van der Waals surface area contributed by atoms with Crippen molar-refractivity contribution in [3.8, 4) is 0 Å². The van der Waals surface area contributed by atoms with Crippen molar-refractivity contribution in [1.82, 2.24) is 19.3 Å². The number of rotatable bonds is 3. The molecule has 0 saturated carbocycles. The zero-order chi connectivity index (χ0) is 12.6. The van der Waals surface area contributed by atoms with Crippen LogP contribution < -0.4 is 0 Å². The molecule has 2 rings (SSSR count). The summed E-state index contributed by atoms with van der Waals surface area (Å²) in [4.78, 5) is 10.6. The Morgan fingerprint density at radius 2 is 2.29 bits per heavy atom. The van der Waals surface area contributed by atoms with Crippen LogP contribution in [0.2, 0.25) is 0 Å². The van der Waals surface area contributed by atoms with Crippen LogP contribution in [0, 0.1) is 0 Å². The molecule has 17 heavy (non-hydrogen) atoms. The van der Waals surface area contributed by atoms with Gasteiger partial charge in [-0.3, -0.25) is 0 Å². The Balaban J connectivity index is 2.12. The zero-order valence-corrected chi connectivity index (χ0v) is 9.96. The Kier molecular flexibility index (Phi) is 2.87. The van der Waals surface area contributed by atoms with Gasteiger partial charge in [0.25, 0.3) is 0 Å². The highest BCUT2D eigenvalue weighted by Crippen LogP contribution is 2.22. The summed E-state index contributed by atoms with van der Waals surface area (Å²) in [5.41, 5.74) is -0.136. The van der Waals surface area contributed by atoms with Crippen LogP contribution in [-0.2, 0) is 10.0 Å². The fourth-order valence-electron chi connectivity index (χ4n) is 1.78. The molecule has 94 valence electrons. The van der Waals surface area contributed by atoms with Crippen molar-refractivity contribution in [2.75, 3.05) is 19.3 Å². The van der Waals surface area contributed by atoms with E-state index < -0.39 is 16.0 Å². The molecule has 0 bridgehead atoms. The molecular weight excluding hydrogens is 248 g/mol. The maximum atomic E-state index is 11.3. The second kappa shape index (κ2) is 4.08. The van der Waals surface area contributed by atoms with Crippen molar-refractivity contribution in [1.29, 1.82) is 0 Å². The van der Waals surface area contributed by atoms with E-state index in [1.165, 1.54) is 15.2 Å². The molecule has 1 N–H and O–H groups in total. The van der Waals surface area contributed by atoms with Crippen molar-refractivity contribution in [2.24, 2.45) is 0 Å². The van der Waals surface area contributed by atoms with Crippen LogP contribution in [0.5, 0.6) is 0 Å². The predicted molar refractivity (Wildman–Crippen MR) is 57.1 cm³/mol. The smallest absolute Gasteiger partial charge is 0.358 e. The van der Waals surface area contributed by atoms with Gasteiger partial charge in [0.2, 0.25) is 10.0 Å². The Bertz CT molecular complexity index is 537. The van der Waals surface area contributed by atoms with Gasteiger partial charge in [-0.05, 0) is 6.42 Å². The molecule has 1 aliphatic heterocycles. The molecule has 0 spiro atoms. The second-order valence-electron chi connectivity index (χ2n) is 3.95. The topological polar surface area (TPSA) is 105 Å². The molecule has 8 nitrogen and oxygen atoms in total. The summed E-state index contributed by atoms with van der Waals surface area (Å²) >= 11 is 0. The molecule has 0 unspecified atom stereocenters. The van der Waals surface area contributed by atoms with Gasteiger partial charge in [0.05, 0.1) is 18.5 Å². The van der Waals surface area contributed by atoms with E-state index in [4.69, 9.17) is 5.11 Å². The number of carboxylic acids is 1. The first-order valence-electron chi connectivity index (χ1n) is 4.98. The highest BCUT2D eigenvalue weighted by molar-refractivity contribution is 7.88. The lowest BCUT2D eigenvalue weighted by atomic mass is 10.3. The number of carboxylic acid groups (broad SMARTS) is 1. The SMILES string of the molecule is CS(=O)(=O)N1CC[C@@H](n2cc(C(=O)O)nn2)C1. The van der Waals surface area contributed by atoms with Crippen LogP contribution in [-0.4, -0.2) is 58.1 Å². The number of hydrogen-bond acceptors (Lipinski definition) is 5. The molecule has 1 aromatic rings. The Morgan fingerprint density at radius 1 is 1.59 bits per heavy atom. The number of nitrogens with zero attached hydrogens (tertiary/aromatic N) is 4. The number of sulfonamides is 1. The first-order valence-corrected chi connectivity index (χ1v) is 6.83. The van der Waals surface area contributed by atoms with E-state index in [1.807, 2.05) is 0 Å². The van der Waals surface area contributed by atoms with E-state index in [2.05, 4.69) is 10.3 Å². The van der Waals surface area contributed by atoms with Crippen molar-refractivity contribution in [3.63, 3.8) is 0 Å². The molecule has 1 aromatic heterocycles. The van der Waals surface area contributed by atoms with Crippen molar-refractivity contribution >= 4 is 16.0 Å². The van der Waals surface area contributed by atoms with Gasteiger partial charge in [0.15, 0.2) is 5.69 Å². The fraction of sp³-hybridized carbons (Fsp3) is 0.625. The number of aromatic nitrogens is 3. The molecule has 0 amide bonds. The minimum atomic E-state index is -3.20. The standard InChI is InChI=1S/C8H12N4O4S/c1-17(15,16)11-3-2-6(4-11)12-5-7(8(13)14)9-10-12/h5-6H,2-4H2,1H3,(H,13,14)/t6-/m1/s1. The summed E-state index contributed by atoms with van der Waals surface area (Å²) in [5, 5.41) is 15.9. The molecule has 1 atom stereocenters. The molecule has 2 heterocycles. The second-order valence-corrected chi connectivity index (χ2v) is 5.93. The minimum Gasteiger partial charge on any atom is -0.476 e. The largest absolute Gasteiger partial charge is 0.476 e. The summed E-state index contributed by atoms with van der Waals surface area (Å²) in [6.07, 6.45) is 3.08. The van der Waals surface area contributed by atoms with E-state index in [1.54, 1.807) is 0 Å². The quantitative estimate of drug-likeness (QED) is 0.761. The monoisotopic (exact) mass is 260 g/mol. The average Bonchev–Trinajstić information content (AvgIpc) is 2.85. The third-order valence-corrected chi connectivity index (χ3v) is 3.97. The van der Waals surface area contributed by atoms with Crippen LogP contribution in [0.25, 0.3) is 0 Å². The summed E-state index contributed by atoms with van der Waals surface area (Å²) in [5.74, 6) is -1.14. The molecule has 0 radical (unpaired) electrons. The first-order chi connectivity index (χ1) is 7.88. The van der Waals surface area contributed by atoms with Gasteiger partial charge >= 0.3 is 5.97 Å². The van der Waals surface area contributed by atoms with Crippen LogP contribution in [0.3, 0.4) is 0 Å². The van der Waals surface area contributed by atoms with E-state index in [0.29, 0.717) is 19.5 Å². The third-order valence-electron chi connectivity index (χ3n) is 2.70. The lowest BCUT2D eigenvalue weighted by Crippen LogP contribution is -2.28. The number of aromatic carboxylic acids is 1. The molecule has 9 heteroatoms. The van der Waals surface area contributed by atoms with E-state index in [0.717, 1.165) is 6.26 Å². The van der Waals surface area contributed by atoms with Crippen LogP contribution in [0.4, 0.5) is 0 Å². The third kappa shape index (κ3) is 2.44. The Hall–Kier alpha value is -1.48. The van der Waals surface area contributed by atoms with Crippen LogP contribution in [0.1, 0.15) is 23.0 Å². The lowest BCUT2D eigenvalue weighted by Gasteiger charge is -2.12. The maximum absolute atomic E-state index is 11.3. The molecule has 1 fully saturated rings. The van der Waals surface area contributed by atoms with Gasteiger partial charge in [-0.1, -0.05) is 5.21 Å². The molecule has 0 aromatic carbocycles. The van der Waals surface area contributed by atoms with Crippen LogP contribution >= 0.6 is 0 Å². The highest BCUT2D eigenvalue weighted by atomic mass is 32.2. The minimum absolute atomic E-state index is 0.136. The van der Waals surface area contributed by atoms with E-state index in [9.17, 15) is 13.2 Å².